The first-order chi connectivity index (χ1) is 5.86. The van der Waals surface area contributed by atoms with Crippen LogP contribution in [0.4, 0.5) is 0 Å². The van der Waals surface area contributed by atoms with Crippen LogP contribution in [0.5, 0.6) is 0 Å². The Kier molecular flexibility index (Phi) is 1.87. The van der Waals surface area contributed by atoms with Gasteiger partial charge in [-0.3, -0.25) is 5.10 Å². The normalized spacial score (nSPS) is 10.1. The number of rotatable bonds is 1. The monoisotopic (exact) mass is 176 g/mol. The molecule has 0 saturated heterocycles. The van der Waals surface area contributed by atoms with Gasteiger partial charge in [0.25, 0.3) is 0 Å². The van der Waals surface area contributed by atoms with Gasteiger partial charge in [-0.25, -0.2) is 0 Å². The van der Waals surface area contributed by atoms with Gasteiger partial charge in [-0.05, 0) is 18.2 Å². The Bertz CT molecular complexity index is 368. The van der Waals surface area contributed by atoms with Crippen molar-refractivity contribution in [2.75, 3.05) is 0 Å². The summed E-state index contributed by atoms with van der Waals surface area (Å²) < 4.78 is 0. The van der Waals surface area contributed by atoms with Gasteiger partial charge in [0.15, 0.2) is 0 Å². The highest BCUT2D eigenvalue weighted by atomic mass is 32.1. The number of hydrogen-bond donors (Lipinski definition) is 2. The molecular weight excluding hydrogens is 168 g/mol. The Hall–Kier alpha value is -1.22. The van der Waals surface area contributed by atoms with Crippen LogP contribution in [-0.2, 0) is 0 Å². The maximum Gasteiger partial charge on any atom is 0.0650 e. The molecule has 0 aliphatic carbocycles. The van der Waals surface area contributed by atoms with Crippen LogP contribution in [0, 0.1) is 0 Å². The fraction of sp³-hybridized carbons (Fsp3) is 0. The van der Waals surface area contributed by atoms with Crippen LogP contribution in [-0.4, -0.2) is 10.2 Å². The maximum absolute atomic E-state index is 4.25. The Morgan fingerprint density at radius 2 is 2.17 bits per heavy atom. The van der Waals surface area contributed by atoms with E-state index in [4.69, 9.17) is 0 Å². The molecule has 0 spiro atoms. The van der Waals surface area contributed by atoms with Crippen molar-refractivity contribution in [3.63, 3.8) is 0 Å². The van der Waals surface area contributed by atoms with Gasteiger partial charge in [0.05, 0.1) is 5.69 Å². The molecular formula is C9H8N2S. The van der Waals surface area contributed by atoms with Crippen LogP contribution in [0.3, 0.4) is 0 Å². The molecule has 0 aliphatic heterocycles. The number of nitrogens with one attached hydrogen (secondary N) is 1. The fourth-order valence-corrected chi connectivity index (χ4v) is 1.32. The Balaban J connectivity index is 2.48. The van der Waals surface area contributed by atoms with Gasteiger partial charge in [-0.2, -0.15) is 5.10 Å². The van der Waals surface area contributed by atoms with E-state index < -0.39 is 0 Å². The summed E-state index contributed by atoms with van der Waals surface area (Å²) in [4.78, 5) is 0.960. The van der Waals surface area contributed by atoms with Crippen LogP contribution < -0.4 is 0 Å². The van der Waals surface area contributed by atoms with Gasteiger partial charge in [0, 0.05) is 16.7 Å². The first-order valence-corrected chi connectivity index (χ1v) is 4.10. The minimum atomic E-state index is 0.960. The van der Waals surface area contributed by atoms with Crippen molar-refractivity contribution in [1.29, 1.82) is 0 Å². The molecule has 0 fully saturated rings. The molecule has 1 aromatic heterocycles. The smallest absolute Gasteiger partial charge is 0.0650 e. The van der Waals surface area contributed by atoms with Gasteiger partial charge in [0.1, 0.15) is 0 Å². The summed E-state index contributed by atoms with van der Waals surface area (Å²) in [6.45, 7) is 0. The first kappa shape index (κ1) is 7.43. The Morgan fingerprint density at radius 1 is 1.25 bits per heavy atom. The highest BCUT2D eigenvalue weighted by Crippen LogP contribution is 2.18. The average molecular weight is 176 g/mol. The fourth-order valence-electron chi connectivity index (χ4n) is 1.09. The highest BCUT2D eigenvalue weighted by Gasteiger charge is 1.96. The zero-order valence-electron chi connectivity index (χ0n) is 6.36. The SMILES string of the molecule is Sc1cccc(-c2ccn[nH]2)c1. The molecule has 60 valence electrons. The predicted octanol–water partition coefficient (Wildman–Crippen LogP) is 2.37. The minimum absolute atomic E-state index is 0.960. The molecule has 0 aliphatic rings. The molecule has 0 atom stereocenters. The second-order valence-electron chi connectivity index (χ2n) is 2.52. The predicted molar refractivity (Wildman–Crippen MR) is 51.3 cm³/mol. The number of aromatic amines is 1. The molecule has 2 rings (SSSR count). The van der Waals surface area contributed by atoms with E-state index >= 15 is 0 Å². The van der Waals surface area contributed by atoms with Gasteiger partial charge in [-0.1, -0.05) is 12.1 Å². The zero-order chi connectivity index (χ0) is 8.39. The second kappa shape index (κ2) is 3.03. The van der Waals surface area contributed by atoms with E-state index in [1.807, 2.05) is 30.3 Å². The second-order valence-corrected chi connectivity index (χ2v) is 3.04. The lowest BCUT2D eigenvalue weighted by molar-refractivity contribution is 1.09. The van der Waals surface area contributed by atoms with Crippen molar-refractivity contribution in [3.8, 4) is 11.3 Å². The largest absolute Gasteiger partial charge is 0.278 e. The van der Waals surface area contributed by atoms with Crippen LogP contribution in [0.25, 0.3) is 11.3 Å². The summed E-state index contributed by atoms with van der Waals surface area (Å²) in [7, 11) is 0. The van der Waals surface area contributed by atoms with E-state index in [0.29, 0.717) is 0 Å². The van der Waals surface area contributed by atoms with Crippen molar-refractivity contribution in [2.45, 2.75) is 4.90 Å². The molecule has 1 N–H and O–H groups in total. The van der Waals surface area contributed by atoms with Crippen molar-refractivity contribution in [1.82, 2.24) is 10.2 Å². The van der Waals surface area contributed by atoms with Crippen molar-refractivity contribution in [2.24, 2.45) is 0 Å². The van der Waals surface area contributed by atoms with Crippen molar-refractivity contribution >= 4 is 12.6 Å². The molecule has 0 saturated carbocycles. The summed E-state index contributed by atoms with van der Waals surface area (Å²) in [6, 6.07) is 9.87. The Morgan fingerprint density at radius 3 is 2.83 bits per heavy atom. The van der Waals surface area contributed by atoms with Crippen molar-refractivity contribution < 1.29 is 0 Å². The van der Waals surface area contributed by atoms with E-state index in [9.17, 15) is 0 Å². The molecule has 1 heterocycles. The zero-order valence-corrected chi connectivity index (χ0v) is 7.25. The van der Waals surface area contributed by atoms with Crippen molar-refractivity contribution in [3.05, 3.63) is 36.5 Å². The standard InChI is InChI=1S/C9H8N2S/c12-8-3-1-2-7(6-8)9-4-5-10-11-9/h1-6,12H,(H,10,11). The Labute approximate surface area is 76.0 Å². The summed E-state index contributed by atoms with van der Waals surface area (Å²) in [6.07, 6.45) is 1.74. The molecule has 2 nitrogen and oxygen atoms in total. The molecule has 0 unspecified atom stereocenters. The quantitative estimate of drug-likeness (QED) is 0.642. The molecule has 1 aromatic carbocycles. The molecule has 2 aromatic rings. The third-order valence-corrected chi connectivity index (χ3v) is 1.94. The molecule has 3 heteroatoms. The number of hydrogen-bond acceptors (Lipinski definition) is 2. The van der Waals surface area contributed by atoms with Gasteiger partial charge in [0.2, 0.25) is 0 Å². The van der Waals surface area contributed by atoms with E-state index in [1.165, 1.54) is 0 Å². The lowest BCUT2D eigenvalue weighted by atomic mass is 10.2. The van der Waals surface area contributed by atoms with Gasteiger partial charge >= 0.3 is 0 Å². The number of aromatic nitrogens is 2. The van der Waals surface area contributed by atoms with Crippen LogP contribution >= 0.6 is 12.6 Å². The molecule has 12 heavy (non-hydrogen) atoms. The van der Waals surface area contributed by atoms with Crippen LogP contribution in [0.15, 0.2) is 41.4 Å². The van der Waals surface area contributed by atoms with Gasteiger partial charge in [-0.15, -0.1) is 12.6 Å². The van der Waals surface area contributed by atoms with E-state index in [-0.39, 0.29) is 0 Å². The topological polar surface area (TPSA) is 28.7 Å². The first-order valence-electron chi connectivity index (χ1n) is 3.65. The molecule has 0 amide bonds. The minimum Gasteiger partial charge on any atom is -0.278 e. The average Bonchev–Trinajstić information content (AvgIpc) is 2.56. The van der Waals surface area contributed by atoms with Gasteiger partial charge < -0.3 is 0 Å². The number of benzene rings is 1. The van der Waals surface area contributed by atoms with Crippen LogP contribution in [0.2, 0.25) is 0 Å². The molecule has 0 radical (unpaired) electrons. The third kappa shape index (κ3) is 1.36. The van der Waals surface area contributed by atoms with E-state index in [2.05, 4.69) is 22.8 Å². The number of nitrogens with zero attached hydrogens (tertiary/aromatic N) is 1. The lowest BCUT2D eigenvalue weighted by Crippen LogP contribution is -1.77. The highest BCUT2D eigenvalue weighted by molar-refractivity contribution is 7.80. The van der Waals surface area contributed by atoms with Crippen LogP contribution in [0.1, 0.15) is 0 Å². The lowest BCUT2D eigenvalue weighted by Gasteiger charge is -1.96. The molecule has 0 bridgehead atoms. The number of H-pyrrole nitrogens is 1. The van der Waals surface area contributed by atoms with E-state index in [1.54, 1.807) is 6.20 Å². The number of thiol groups is 1. The summed E-state index contributed by atoms with van der Waals surface area (Å²) in [5.74, 6) is 0. The summed E-state index contributed by atoms with van der Waals surface area (Å²) in [5.41, 5.74) is 2.13. The van der Waals surface area contributed by atoms with E-state index in [0.717, 1.165) is 16.2 Å². The third-order valence-electron chi connectivity index (χ3n) is 1.66. The maximum atomic E-state index is 4.25. The summed E-state index contributed by atoms with van der Waals surface area (Å²) >= 11 is 4.25. The summed E-state index contributed by atoms with van der Waals surface area (Å²) in [5, 5.41) is 6.77.